The molecule has 3 nitrogen and oxygen atoms in total. The van der Waals surface area contributed by atoms with E-state index < -0.39 is 18.2 Å². The van der Waals surface area contributed by atoms with Gasteiger partial charge in [0.05, 0.1) is 6.10 Å². The summed E-state index contributed by atoms with van der Waals surface area (Å²) in [7, 11) is 0. The van der Waals surface area contributed by atoms with Crippen LogP contribution in [-0.2, 0) is 9.53 Å². The van der Waals surface area contributed by atoms with Gasteiger partial charge >= 0.3 is 5.97 Å². The summed E-state index contributed by atoms with van der Waals surface area (Å²) < 4.78 is 5.00. The van der Waals surface area contributed by atoms with Crippen LogP contribution in [0.2, 0.25) is 0 Å². The summed E-state index contributed by atoms with van der Waals surface area (Å²) in [6.45, 7) is 8.59. The van der Waals surface area contributed by atoms with E-state index in [2.05, 4.69) is 6.58 Å². The maximum absolute atomic E-state index is 11.2. The first-order chi connectivity index (χ1) is 6.49. The molecule has 0 aliphatic rings. The number of ether oxygens (including phenoxy) is 1. The molecule has 0 aliphatic heterocycles. The van der Waals surface area contributed by atoms with Gasteiger partial charge in [0.2, 0.25) is 0 Å². The van der Waals surface area contributed by atoms with Crippen LogP contribution in [0.1, 0.15) is 27.2 Å². The van der Waals surface area contributed by atoms with Gasteiger partial charge in [-0.3, -0.25) is 0 Å². The predicted molar refractivity (Wildman–Crippen MR) is 55.8 cm³/mol. The third-order valence-corrected chi connectivity index (χ3v) is 1.63. The molecule has 0 bridgehead atoms. The van der Waals surface area contributed by atoms with Crippen molar-refractivity contribution in [2.45, 2.75) is 39.4 Å². The standard InChI is InChI=1S/C11H18O3/c1-5-6-7-10(9(4)12)14-11(13)8(2)3/h6-7,9-10,12H,2,5H2,1,3-4H3. The van der Waals surface area contributed by atoms with E-state index >= 15 is 0 Å². The van der Waals surface area contributed by atoms with Crippen molar-refractivity contribution >= 4 is 5.97 Å². The van der Waals surface area contributed by atoms with E-state index in [0.717, 1.165) is 6.42 Å². The number of hydrogen-bond donors (Lipinski definition) is 1. The summed E-state index contributed by atoms with van der Waals surface area (Å²) in [5.74, 6) is -0.475. The van der Waals surface area contributed by atoms with Crippen molar-refractivity contribution in [3.8, 4) is 0 Å². The van der Waals surface area contributed by atoms with Crippen LogP contribution in [0.15, 0.2) is 24.3 Å². The molecule has 0 aromatic rings. The predicted octanol–water partition coefficient (Wildman–Crippen LogP) is 1.82. The number of rotatable bonds is 5. The lowest BCUT2D eigenvalue weighted by Crippen LogP contribution is -2.27. The molecule has 0 radical (unpaired) electrons. The average molecular weight is 198 g/mol. The number of carbonyl (C=O) groups is 1. The Morgan fingerprint density at radius 2 is 2.21 bits per heavy atom. The van der Waals surface area contributed by atoms with Crippen molar-refractivity contribution in [1.29, 1.82) is 0 Å². The van der Waals surface area contributed by atoms with Gasteiger partial charge in [-0.1, -0.05) is 19.6 Å². The monoisotopic (exact) mass is 198 g/mol. The lowest BCUT2D eigenvalue weighted by Gasteiger charge is -2.16. The summed E-state index contributed by atoms with van der Waals surface area (Å²) >= 11 is 0. The van der Waals surface area contributed by atoms with E-state index in [1.165, 1.54) is 0 Å². The van der Waals surface area contributed by atoms with Crippen LogP contribution in [0.3, 0.4) is 0 Å². The third kappa shape index (κ3) is 4.82. The summed E-state index contributed by atoms with van der Waals surface area (Å²) in [5.41, 5.74) is 0.334. The first-order valence-electron chi connectivity index (χ1n) is 4.70. The van der Waals surface area contributed by atoms with Gasteiger partial charge in [-0.15, -0.1) is 0 Å². The molecule has 3 heteroatoms. The fourth-order valence-corrected chi connectivity index (χ4v) is 0.793. The molecule has 0 aromatic heterocycles. The molecule has 0 saturated carbocycles. The van der Waals surface area contributed by atoms with Gasteiger partial charge in [-0.25, -0.2) is 4.79 Å². The lowest BCUT2D eigenvalue weighted by molar-refractivity contribution is -0.146. The van der Waals surface area contributed by atoms with Crippen molar-refractivity contribution < 1.29 is 14.6 Å². The maximum atomic E-state index is 11.2. The molecule has 0 heterocycles. The third-order valence-electron chi connectivity index (χ3n) is 1.63. The molecule has 80 valence electrons. The first-order valence-corrected chi connectivity index (χ1v) is 4.70. The zero-order valence-corrected chi connectivity index (χ0v) is 8.99. The number of carbonyl (C=O) groups excluding carboxylic acids is 1. The number of esters is 1. The fraction of sp³-hybridized carbons (Fsp3) is 0.545. The zero-order chi connectivity index (χ0) is 11.1. The summed E-state index contributed by atoms with van der Waals surface area (Å²) in [6.07, 6.45) is 3.09. The molecule has 0 saturated heterocycles. The Morgan fingerprint density at radius 3 is 2.57 bits per heavy atom. The largest absolute Gasteiger partial charge is 0.452 e. The zero-order valence-electron chi connectivity index (χ0n) is 8.99. The van der Waals surface area contributed by atoms with Crippen LogP contribution in [0.5, 0.6) is 0 Å². The second-order valence-electron chi connectivity index (χ2n) is 3.23. The lowest BCUT2D eigenvalue weighted by atomic mass is 10.2. The molecule has 2 atom stereocenters. The minimum atomic E-state index is -0.707. The topological polar surface area (TPSA) is 46.5 Å². The van der Waals surface area contributed by atoms with Crippen LogP contribution < -0.4 is 0 Å². The number of aliphatic hydroxyl groups is 1. The van der Waals surface area contributed by atoms with E-state index in [4.69, 9.17) is 4.74 Å². The van der Waals surface area contributed by atoms with Crippen LogP contribution in [0, 0.1) is 0 Å². The summed E-state index contributed by atoms with van der Waals surface area (Å²) in [5, 5.41) is 9.31. The first kappa shape index (κ1) is 12.9. The van der Waals surface area contributed by atoms with Crippen LogP contribution in [0.25, 0.3) is 0 Å². The Bertz CT molecular complexity index is 229. The van der Waals surface area contributed by atoms with Crippen LogP contribution in [0.4, 0.5) is 0 Å². The quantitative estimate of drug-likeness (QED) is 0.416. The maximum Gasteiger partial charge on any atom is 0.333 e. The van der Waals surface area contributed by atoms with E-state index in [-0.39, 0.29) is 0 Å². The SMILES string of the molecule is C=C(C)C(=O)OC(C=CCC)C(C)O. The molecule has 1 N–H and O–H groups in total. The average Bonchev–Trinajstić information content (AvgIpc) is 2.10. The van der Waals surface area contributed by atoms with Gasteiger partial charge in [-0.05, 0) is 26.3 Å². The Balaban J connectivity index is 4.30. The highest BCUT2D eigenvalue weighted by Crippen LogP contribution is 2.05. The second kappa shape index (κ2) is 6.38. The highest BCUT2D eigenvalue weighted by atomic mass is 16.6. The minimum absolute atomic E-state index is 0.334. The van der Waals surface area contributed by atoms with Crippen LogP contribution >= 0.6 is 0 Å². The van der Waals surface area contributed by atoms with Gasteiger partial charge in [0.1, 0.15) is 6.10 Å². The number of aliphatic hydroxyl groups excluding tert-OH is 1. The van der Waals surface area contributed by atoms with Crippen molar-refractivity contribution in [3.63, 3.8) is 0 Å². The Labute approximate surface area is 85.1 Å². The molecule has 0 amide bonds. The van der Waals surface area contributed by atoms with Crippen molar-refractivity contribution in [3.05, 3.63) is 24.3 Å². The van der Waals surface area contributed by atoms with E-state index in [0.29, 0.717) is 5.57 Å². The van der Waals surface area contributed by atoms with Crippen molar-refractivity contribution in [1.82, 2.24) is 0 Å². The van der Waals surface area contributed by atoms with E-state index in [1.807, 2.05) is 13.0 Å². The highest BCUT2D eigenvalue weighted by molar-refractivity contribution is 5.87. The van der Waals surface area contributed by atoms with E-state index in [9.17, 15) is 9.90 Å². The minimum Gasteiger partial charge on any atom is -0.452 e. The van der Waals surface area contributed by atoms with Gasteiger partial charge in [-0.2, -0.15) is 0 Å². The number of hydrogen-bond acceptors (Lipinski definition) is 3. The summed E-state index contributed by atoms with van der Waals surface area (Å²) in [6, 6.07) is 0. The van der Waals surface area contributed by atoms with Crippen molar-refractivity contribution in [2.24, 2.45) is 0 Å². The number of allylic oxidation sites excluding steroid dienone is 1. The second-order valence-corrected chi connectivity index (χ2v) is 3.23. The fourth-order valence-electron chi connectivity index (χ4n) is 0.793. The van der Waals surface area contributed by atoms with E-state index in [1.54, 1.807) is 19.9 Å². The van der Waals surface area contributed by atoms with Gasteiger partial charge in [0.15, 0.2) is 0 Å². The highest BCUT2D eigenvalue weighted by Gasteiger charge is 2.16. The molecular formula is C11H18O3. The Kier molecular flexibility index (Phi) is 5.88. The molecule has 0 spiro atoms. The Morgan fingerprint density at radius 1 is 1.64 bits per heavy atom. The van der Waals surface area contributed by atoms with Crippen LogP contribution in [-0.4, -0.2) is 23.3 Å². The molecule has 2 unspecified atom stereocenters. The Hall–Kier alpha value is -1.09. The van der Waals surface area contributed by atoms with Crippen molar-refractivity contribution in [2.75, 3.05) is 0 Å². The molecule has 0 rings (SSSR count). The molecular weight excluding hydrogens is 180 g/mol. The van der Waals surface area contributed by atoms with Gasteiger partial charge in [0.25, 0.3) is 0 Å². The molecule has 14 heavy (non-hydrogen) atoms. The summed E-state index contributed by atoms with van der Waals surface area (Å²) in [4.78, 5) is 11.2. The molecule has 0 aliphatic carbocycles. The van der Waals surface area contributed by atoms with Gasteiger partial charge in [0, 0.05) is 5.57 Å². The van der Waals surface area contributed by atoms with Gasteiger partial charge < -0.3 is 9.84 Å². The molecule has 0 fully saturated rings. The molecule has 0 aromatic carbocycles. The normalized spacial score (nSPS) is 15.1. The smallest absolute Gasteiger partial charge is 0.333 e.